The van der Waals surface area contributed by atoms with Gasteiger partial charge in [-0.3, -0.25) is 4.79 Å². The molecule has 0 aromatic rings. The number of hydrogen-bond acceptors (Lipinski definition) is 2. The van der Waals surface area contributed by atoms with Crippen molar-refractivity contribution in [2.75, 3.05) is 0 Å². The molecule has 2 unspecified atom stereocenters. The Morgan fingerprint density at radius 3 is 2.43 bits per heavy atom. The fourth-order valence-electron chi connectivity index (χ4n) is 2.67. The molecule has 1 saturated carbocycles. The van der Waals surface area contributed by atoms with Gasteiger partial charge in [-0.05, 0) is 39.0 Å². The van der Waals surface area contributed by atoms with Gasteiger partial charge in [0, 0.05) is 0 Å². The summed E-state index contributed by atoms with van der Waals surface area (Å²) in [6, 6.07) is 0. The van der Waals surface area contributed by atoms with Crippen LogP contribution in [0.15, 0.2) is 0 Å². The van der Waals surface area contributed by atoms with Crippen LogP contribution in [0.5, 0.6) is 0 Å². The van der Waals surface area contributed by atoms with Gasteiger partial charge in [-0.25, -0.2) is 0 Å². The number of carboxylic acids is 1. The smallest absolute Gasteiger partial charge is 0.310 e. The molecular formula is C11H20O3. The molecule has 82 valence electrons. The third kappa shape index (κ3) is 2.08. The van der Waals surface area contributed by atoms with Crippen LogP contribution < -0.4 is 0 Å². The molecule has 1 rings (SSSR count). The van der Waals surface area contributed by atoms with Crippen molar-refractivity contribution >= 4 is 5.97 Å². The lowest BCUT2D eigenvalue weighted by Gasteiger charge is -2.34. The normalized spacial score (nSPS) is 33.3. The molecule has 2 atom stereocenters. The van der Waals surface area contributed by atoms with Crippen molar-refractivity contribution < 1.29 is 15.0 Å². The van der Waals surface area contributed by atoms with E-state index in [2.05, 4.69) is 0 Å². The van der Waals surface area contributed by atoms with Crippen molar-refractivity contribution in [2.24, 2.45) is 11.3 Å². The molecule has 3 nitrogen and oxygen atoms in total. The van der Waals surface area contributed by atoms with Gasteiger partial charge < -0.3 is 10.2 Å². The molecule has 0 heterocycles. The van der Waals surface area contributed by atoms with E-state index in [-0.39, 0.29) is 5.92 Å². The van der Waals surface area contributed by atoms with Crippen molar-refractivity contribution in [2.45, 2.75) is 52.1 Å². The molecule has 2 N–H and O–H groups in total. The summed E-state index contributed by atoms with van der Waals surface area (Å²) in [6.45, 7) is 5.35. The van der Waals surface area contributed by atoms with E-state index in [0.29, 0.717) is 12.8 Å². The van der Waals surface area contributed by atoms with Crippen LogP contribution in [0.4, 0.5) is 0 Å². The summed E-state index contributed by atoms with van der Waals surface area (Å²) in [7, 11) is 0. The van der Waals surface area contributed by atoms with Crippen LogP contribution in [-0.2, 0) is 4.79 Å². The van der Waals surface area contributed by atoms with Gasteiger partial charge in [-0.2, -0.15) is 0 Å². The zero-order chi connectivity index (χ0) is 11.0. The predicted molar refractivity (Wildman–Crippen MR) is 54.0 cm³/mol. The summed E-state index contributed by atoms with van der Waals surface area (Å²) in [5, 5.41) is 19.0. The number of aliphatic carboxylic acids is 1. The molecule has 0 aromatic carbocycles. The van der Waals surface area contributed by atoms with Gasteiger partial charge in [0.15, 0.2) is 0 Å². The first-order valence-electron chi connectivity index (χ1n) is 5.24. The fourth-order valence-corrected chi connectivity index (χ4v) is 2.67. The molecule has 0 aromatic heterocycles. The van der Waals surface area contributed by atoms with E-state index in [4.69, 9.17) is 0 Å². The van der Waals surface area contributed by atoms with Crippen LogP contribution >= 0.6 is 0 Å². The molecule has 0 amide bonds. The molecule has 1 aliphatic carbocycles. The third-order valence-electron chi connectivity index (χ3n) is 3.38. The van der Waals surface area contributed by atoms with Crippen molar-refractivity contribution in [3.05, 3.63) is 0 Å². The Morgan fingerprint density at radius 1 is 1.57 bits per heavy atom. The molecule has 0 saturated heterocycles. The standard InChI is InChI=1S/C11H20O3/c1-8-5-4-6-11(8,9(12)13)7-10(2,3)14/h8,14H,4-7H2,1-3H3,(H,12,13). The third-order valence-corrected chi connectivity index (χ3v) is 3.38. The lowest BCUT2D eigenvalue weighted by Crippen LogP contribution is -2.40. The number of rotatable bonds is 3. The Hall–Kier alpha value is -0.570. The van der Waals surface area contributed by atoms with Crippen LogP contribution in [0.2, 0.25) is 0 Å². The minimum absolute atomic E-state index is 0.173. The Bertz CT molecular complexity index is 229. The molecule has 3 heteroatoms. The van der Waals surface area contributed by atoms with Crippen molar-refractivity contribution in [1.29, 1.82) is 0 Å². The van der Waals surface area contributed by atoms with Crippen LogP contribution in [-0.4, -0.2) is 21.8 Å². The summed E-state index contributed by atoms with van der Waals surface area (Å²) >= 11 is 0. The molecule has 1 fully saturated rings. The van der Waals surface area contributed by atoms with E-state index in [1.54, 1.807) is 13.8 Å². The minimum atomic E-state index is -0.892. The van der Waals surface area contributed by atoms with Crippen LogP contribution in [0.3, 0.4) is 0 Å². The van der Waals surface area contributed by atoms with Gasteiger partial charge in [0.1, 0.15) is 0 Å². The SMILES string of the molecule is CC1CCCC1(CC(C)(C)O)C(=O)O. The highest BCUT2D eigenvalue weighted by atomic mass is 16.4. The predicted octanol–water partition coefficient (Wildman–Crippen LogP) is 2.04. The zero-order valence-corrected chi connectivity index (χ0v) is 9.21. The van der Waals surface area contributed by atoms with E-state index in [1.807, 2.05) is 6.92 Å². The maximum atomic E-state index is 11.3. The van der Waals surface area contributed by atoms with E-state index >= 15 is 0 Å². The van der Waals surface area contributed by atoms with Gasteiger partial charge in [0.2, 0.25) is 0 Å². The van der Waals surface area contributed by atoms with Crippen molar-refractivity contribution in [3.63, 3.8) is 0 Å². The summed E-state index contributed by atoms with van der Waals surface area (Å²) in [6.07, 6.45) is 2.98. The van der Waals surface area contributed by atoms with E-state index in [1.165, 1.54) is 0 Å². The Kier molecular flexibility index (Phi) is 2.91. The summed E-state index contributed by atoms with van der Waals surface area (Å²) < 4.78 is 0. The Labute approximate surface area is 85.1 Å². The van der Waals surface area contributed by atoms with Crippen LogP contribution in [0.25, 0.3) is 0 Å². The molecule has 0 radical (unpaired) electrons. The molecule has 14 heavy (non-hydrogen) atoms. The quantitative estimate of drug-likeness (QED) is 0.733. The van der Waals surface area contributed by atoms with Crippen LogP contribution in [0.1, 0.15) is 46.5 Å². The van der Waals surface area contributed by atoms with Gasteiger partial charge >= 0.3 is 5.97 Å². The number of carbonyl (C=O) groups is 1. The second-order valence-electron chi connectivity index (χ2n) is 5.24. The maximum absolute atomic E-state index is 11.3. The number of hydrogen-bond donors (Lipinski definition) is 2. The summed E-state index contributed by atoms with van der Waals surface area (Å²) in [4.78, 5) is 11.3. The van der Waals surface area contributed by atoms with Gasteiger partial charge in [-0.1, -0.05) is 13.3 Å². The fraction of sp³-hybridized carbons (Fsp3) is 0.909. The second-order valence-corrected chi connectivity index (χ2v) is 5.24. The highest BCUT2D eigenvalue weighted by Gasteiger charge is 2.49. The molecule has 0 aliphatic heterocycles. The molecule has 0 bridgehead atoms. The summed E-state index contributed by atoms with van der Waals surface area (Å²) in [5.74, 6) is -0.573. The topological polar surface area (TPSA) is 57.5 Å². The molecular weight excluding hydrogens is 180 g/mol. The maximum Gasteiger partial charge on any atom is 0.310 e. The number of carboxylic acid groups (broad SMARTS) is 1. The van der Waals surface area contributed by atoms with Crippen molar-refractivity contribution in [1.82, 2.24) is 0 Å². The first kappa shape index (κ1) is 11.5. The largest absolute Gasteiger partial charge is 0.481 e. The van der Waals surface area contributed by atoms with E-state index in [9.17, 15) is 15.0 Å². The zero-order valence-electron chi connectivity index (χ0n) is 9.21. The van der Waals surface area contributed by atoms with Gasteiger partial charge in [0.05, 0.1) is 11.0 Å². The van der Waals surface area contributed by atoms with Gasteiger partial charge in [-0.15, -0.1) is 0 Å². The Balaban J connectivity index is 2.88. The first-order chi connectivity index (χ1) is 6.28. The molecule has 0 spiro atoms. The highest BCUT2D eigenvalue weighted by molar-refractivity contribution is 5.75. The lowest BCUT2D eigenvalue weighted by molar-refractivity contribution is -0.155. The van der Waals surface area contributed by atoms with E-state index in [0.717, 1.165) is 12.8 Å². The minimum Gasteiger partial charge on any atom is -0.481 e. The highest BCUT2D eigenvalue weighted by Crippen LogP contribution is 2.48. The van der Waals surface area contributed by atoms with Crippen LogP contribution in [0, 0.1) is 11.3 Å². The Morgan fingerprint density at radius 2 is 2.14 bits per heavy atom. The monoisotopic (exact) mass is 200 g/mol. The van der Waals surface area contributed by atoms with Crippen molar-refractivity contribution in [3.8, 4) is 0 Å². The summed E-state index contributed by atoms with van der Waals surface area (Å²) in [5.41, 5.74) is -1.59. The lowest BCUT2D eigenvalue weighted by atomic mass is 9.71. The van der Waals surface area contributed by atoms with E-state index < -0.39 is 17.0 Å². The number of aliphatic hydroxyl groups is 1. The average molecular weight is 200 g/mol. The first-order valence-corrected chi connectivity index (χ1v) is 5.24. The average Bonchev–Trinajstić information content (AvgIpc) is 2.30. The second kappa shape index (κ2) is 3.54. The van der Waals surface area contributed by atoms with Gasteiger partial charge in [0.25, 0.3) is 0 Å². The molecule has 1 aliphatic rings.